The summed E-state index contributed by atoms with van der Waals surface area (Å²) in [5.41, 5.74) is 0.531. The number of H-pyrrole nitrogens is 1. The van der Waals surface area contributed by atoms with Crippen LogP contribution in [0.4, 0.5) is 0 Å². The summed E-state index contributed by atoms with van der Waals surface area (Å²) in [6, 6.07) is 0.0476. The summed E-state index contributed by atoms with van der Waals surface area (Å²) in [6.45, 7) is 1.66. The van der Waals surface area contributed by atoms with Crippen LogP contribution in [0.25, 0.3) is 0 Å². The number of nitrogens with one attached hydrogen (secondary N) is 1. The number of aryl methyl sites for hydroxylation is 1. The number of sulfonamides is 1. The molecule has 0 unspecified atom stereocenters. The van der Waals surface area contributed by atoms with Crippen LogP contribution in [-0.2, 0) is 10.0 Å². The van der Waals surface area contributed by atoms with Crippen molar-refractivity contribution in [3.05, 3.63) is 11.9 Å². The standard InChI is InChI=1S/C9H15N3O3S/c1-7-9(6-10-11-7)16(14,15)12(4-5-13)8-2-3-8/h6,8,13H,2-5H2,1H3,(H,10,11). The number of rotatable bonds is 5. The van der Waals surface area contributed by atoms with E-state index in [2.05, 4.69) is 10.2 Å². The molecule has 1 aliphatic rings. The van der Waals surface area contributed by atoms with Crippen molar-refractivity contribution >= 4 is 10.0 Å². The molecule has 1 aromatic heterocycles. The lowest BCUT2D eigenvalue weighted by Crippen LogP contribution is -2.35. The third kappa shape index (κ3) is 1.98. The fraction of sp³-hybridized carbons (Fsp3) is 0.667. The molecule has 0 aromatic carbocycles. The zero-order chi connectivity index (χ0) is 11.8. The number of aliphatic hydroxyl groups is 1. The average Bonchev–Trinajstić information content (AvgIpc) is 2.96. The second-order valence-corrected chi connectivity index (χ2v) is 5.79. The molecule has 7 heteroatoms. The van der Waals surface area contributed by atoms with Crippen LogP contribution >= 0.6 is 0 Å². The molecule has 1 aromatic rings. The number of aliphatic hydroxyl groups excluding tert-OH is 1. The minimum absolute atomic E-state index is 0.0476. The lowest BCUT2D eigenvalue weighted by atomic mass is 10.5. The van der Waals surface area contributed by atoms with Crippen molar-refractivity contribution in [3.63, 3.8) is 0 Å². The average molecular weight is 245 g/mol. The van der Waals surface area contributed by atoms with E-state index in [9.17, 15) is 8.42 Å². The van der Waals surface area contributed by atoms with Crippen LogP contribution in [-0.4, -0.2) is 47.2 Å². The van der Waals surface area contributed by atoms with Gasteiger partial charge in [-0.05, 0) is 19.8 Å². The molecule has 0 radical (unpaired) electrons. The summed E-state index contributed by atoms with van der Waals surface area (Å²) < 4.78 is 25.8. The van der Waals surface area contributed by atoms with Crippen LogP contribution < -0.4 is 0 Å². The summed E-state index contributed by atoms with van der Waals surface area (Å²) in [6.07, 6.45) is 3.06. The second kappa shape index (κ2) is 4.15. The number of nitrogens with zero attached hydrogens (tertiary/aromatic N) is 2. The zero-order valence-corrected chi connectivity index (χ0v) is 9.87. The van der Waals surface area contributed by atoms with E-state index in [1.54, 1.807) is 6.92 Å². The summed E-state index contributed by atoms with van der Waals surface area (Å²) in [5, 5.41) is 15.2. The van der Waals surface area contributed by atoms with Gasteiger partial charge in [-0.2, -0.15) is 9.40 Å². The van der Waals surface area contributed by atoms with Crippen LogP contribution in [0.1, 0.15) is 18.5 Å². The Morgan fingerprint density at radius 1 is 1.62 bits per heavy atom. The maximum absolute atomic E-state index is 12.2. The Hall–Kier alpha value is -0.920. The van der Waals surface area contributed by atoms with E-state index >= 15 is 0 Å². The first kappa shape index (κ1) is 11.6. The topological polar surface area (TPSA) is 86.3 Å². The fourth-order valence-electron chi connectivity index (χ4n) is 1.69. The third-order valence-corrected chi connectivity index (χ3v) is 4.71. The predicted octanol–water partition coefficient (Wildman–Crippen LogP) is -0.136. The molecule has 16 heavy (non-hydrogen) atoms. The summed E-state index contributed by atoms with van der Waals surface area (Å²) in [5.74, 6) is 0. The van der Waals surface area contributed by atoms with Gasteiger partial charge < -0.3 is 5.11 Å². The zero-order valence-electron chi connectivity index (χ0n) is 9.05. The van der Waals surface area contributed by atoms with E-state index in [1.165, 1.54) is 10.5 Å². The van der Waals surface area contributed by atoms with Gasteiger partial charge in [0, 0.05) is 12.6 Å². The smallest absolute Gasteiger partial charge is 0.246 e. The van der Waals surface area contributed by atoms with Crippen LogP contribution in [0.15, 0.2) is 11.1 Å². The summed E-state index contributed by atoms with van der Waals surface area (Å²) >= 11 is 0. The minimum atomic E-state index is -3.51. The predicted molar refractivity (Wildman–Crippen MR) is 57.3 cm³/mol. The maximum atomic E-state index is 12.2. The van der Waals surface area contributed by atoms with Crippen LogP contribution in [0.2, 0.25) is 0 Å². The first-order valence-corrected chi connectivity index (χ1v) is 6.64. The van der Waals surface area contributed by atoms with Crippen molar-refractivity contribution < 1.29 is 13.5 Å². The molecule has 0 atom stereocenters. The van der Waals surface area contributed by atoms with Crippen LogP contribution in [0, 0.1) is 6.92 Å². The molecular weight excluding hydrogens is 230 g/mol. The number of hydrogen-bond donors (Lipinski definition) is 2. The fourth-order valence-corrected chi connectivity index (χ4v) is 3.48. The Labute approximate surface area is 94.3 Å². The Balaban J connectivity index is 2.32. The summed E-state index contributed by atoms with van der Waals surface area (Å²) in [7, 11) is -3.51. The Morgan fingerprint density at radius 3 is 2.75 bits per heavy atom. The SMILES string of the molecule is Cc1[nH]ncc1S(=O)(=O)N(CCO)C1CC1. The lowest BCUT2D eigenvalue weighted by Gasteiger charge is -2.20. The molecule has 0 amide bonds. The molecule has 90 valence electrons. The van der Waals surface area contributed by atoms with Gasteiger partial charge >= 0.3 is 0 Å². The normalized spacial score (nSPS) is 16.9. The van der Waals surface area contributed by atoms with Crippen molar-refractivity contribution in [1.29, 1.82) is 0 Å². The van der Waals surface area contributed by atoms with Gasteiger partial charge in [0.15, 0.2) is 0 Å². The van der Waals surface area contributed by atoms with E-state index in [-0.39, 0.29) is 24.1 Å². The Morgan fingerprint density at radius 2 is 2.31 bits per heavy atom. The second-order valence-electron chi connectivity index (χ2n) is 3.93. The van der Waals surface area contributed by atoms with Gasteiger partial charge in [0.1, 0.15) is 4.90 Å². The van der Waals surface area contributed by atoms with E-state index in [4.69, 9.17) is 5.11 Å². The van der Waals surface area contributed by atoms with Gasteiger partial charge in [-0.25, -0.2) is 8.42 Å². The van der Waals surface area contributed by atoms with Crippen molar-refractivity contribution in [3.8, 4) is 0 Å². The van der Waals surface area contributed by atoms with Crippen molar-refractivity contribution in [2.24, 2.45) is 0 Å². The van der Waals surface area contributed by atoms with Gasteiger partial charge in [0.05, 0.1) is 18.5 Å². The molecule has 0 saturated heterocycles. The maximum Gasteiger partial charge on any atom is 0.246 e. The molecule has 6 nitrogen and oxygen atoms in total. The van der Waals surface area contributed by atoms with Crippen molar-refractivity contribution in [2.45, 2.75) is 30.7 Å². The van der Waals surface area contributed by atoms with E-state index in [1.807, 2.05) is 0 Å². The molecule has 1 heterocycles. The largest absolute Gasteiger partial charge is 0.395 e. The molecule has 1 saturated carbocycles. The molecular formula is C9H15N3O3S. The number of hydrogen-bond acceptors (Lipinski definition) is 4. The first-order valence-electron chi connectivity index (χ1n) is 5.20. The van der Waals surface area contributed by atoms with Gasteiger partial charge in [0.25, 0.3) is 0 Å². The molecule has 0 aliphatic heterocycles. The molecule has 1 aliphatic carbocycles. The highest BCUT2D eigenvalue weighted by molar-refractivity contribution is 7.89. The highest BCUT2D eigenvalue weighted by Crippen LogP contribution is 2.32. The van der Waals surface area contributed by atoms with Gasteiger partial charge in [-0.1, -0.05) is 0 Å². The first-order chi connectivity index (χ1) is 7.57. The minimum Gasteiger partial charge on any atom is -0.395 e. The van der Waals surface area contributed by atoms with E-state index in [0.29, 0.717) is 5.69 Å². The highest BCUT2D eigenvalue weighted by atomic mass is 32.2. The third-order valence-electron chi connectivity index (χ3n) is 2.64. The molecule has 2 rings (SSSR count). The highest BCUT2D eigenvalue weighted by Gasteiger charge is 2.38. The molecule has 0 spiro atoms. The van der Waals surface area contributed by atoms with Gasteiger partial charge in [-0.15, -0.1) is 0 Å². The van der Waals surface area contributed by atoms with Crippen LogP contribution in [0.3, 0.4) is 0 Å². The van der Waals surface area contributed by atoms with Crippen molar-refractivity contribution in [1.82, 2.24) is 14.5 Å². The van der Waals surface area contributed by atoms with Gasteiger partial charge in [0.2, 0.25) is 10.0 Å². The van der Waals surface area contributed by atoms with Crippen molar-refractivity contribution in [2.75, 3.05) is 13.2 Å². The Kier molecular flexibility index (Phi) is 3.00. The van der Waals surface area contributed by atoms with E-state index in [0.717, 1.165) is 12.8 Å². The van der Waals surface area contributed by atoms with Crippen LogP contribution in [0.5, 0.6) is 0 Å². The molecule has 0 bridgehead atoms. The van der Waals surface area contributed by atoms with Gasteiger partial charge in [-0.3, -0.25) is 5.10 Å². The Bertz CT molecular complexity index is 464. The molecule has 2 N–H and O–H groups in total. The van der Waals surface area contributed by atoms with E-state index < -0.39 is 10.0 Å². The quantitative estimate of drug-likeness (QED) is 0.756. The summed E-state index contributed by atoms with van der Waals surface area (Å²) in [4.78, 5) is 0.202. The number of aromatic amines is 1. The molecule has 1 fully saturated rings. The lowest BCUT2D eigenvalue weighted by molar-refractivity contribution is 0.250. The number of aromatic nitrogens is 2. The monoisotopic (exact) mass is 245 g/mol.